The molecule has 0 N–H and O–H groups in total. The first-order valence-corrected chi connectivity index (χ1v) is 7.48. The lowest BCUT2D eigenvalue weighted by Crippen LogP contribution is -2.30. The second-order valence-electron chi connectivity index (χ2n) is 5.62. The number of carbonyl (C=O) groups is 3. The van der Waals surface area contributed by atoms with E-state index in [0.717, 1.165) is 6.42 Å². The predicted octanol–water partition coefficient (Wildman–Crippen LogP) is 2.02. The van der Waals surface area contributed by atoms with E-state index in [1.807, 2.05) is 6.92 Å². The number of methoxy groups -OCH3 is 1. The Kier molecular flexibility index (Phi) is 7.08. The van der Waals surface area contributed by atoms with Crippen LogP contribution >= 0.6 is 0 Å². The second-order valence-corrected chi connectivity index (χ2v) is 5.62. The summed E-state index contributed by atoms with van der Waals surface area (Å²) in [4.78, 5) is 35.2. The van der Waals surface area contributed by atoms with Crippen LogP contribution in [-0.4, -0.2) is 37.7 Å². The van der Waals surface area contributed by atoms with E-state index in [1.54, 1.807) is 6.92 Å². The lowest BCUT2D eigenvalue weighted by atomic mass is 9.88. The minimum absolute atomic E-state index is 0.00216. The van der Waals surface area contributed by atoms with Gasteiger partial charge in [-0.15, -0.1) is 0 Å². The fraction of sp³-hybridized carbons (Fsp3) is 0.688. The van der Waals surface area contributed by atoms with E-state index in [-0.39, 0.29) is 25.0 Å². The normalized spacial score (nSPS) is 24.9. The van der Waals surface area contributed by atoms with E-state index in [2.05, 4.69) is 6.58 Å². The summed E-state index contributed by atoms with van der Waals surface area (Å²) in [6.07, 6.45) is 1.52. The van der Waals surface area contributed by atoms with E-state index in [0.29, 0.717) is 18.4 Å². The third kappa shape index (κ3) is 5.16. The number of esters is 3. The molecule has 0 aromatic heterocycles. The van der Waals surface area contributed by atoms with Gasteiger partial charge in [-0.1, -0.05) is 19.9 Å². The molecule has 0 aliphatic carbocycles. The van der Waals surface area contributed by atoms with Crippen molar-refractivity contribution in [3.05, 3.63) is 12.2 Å². The molecule has 0 bridgehead atoms. The van der Waals surface area contributed by atoms with Crippen LogP contribution in [0.4, 0.5) is 0 Å². The maximum atomic E-state index is 11.8. The van der Waals surface area contributed by atoms with Crippen LogP contribution in [0.3, 0.4) is 0 Å². The molecule has 0 spiro atoms. The summed E-state index contributed by atoms with van der Waals surface area (Å²) in [5.74, 6) is -2.12. The molecule has 6 heteroatoms. The molecule has 3 atom stereocenters. The monoisotopic (exact) mass is 312 g/mol. The number of ether oxygens (including phenoxy) is 3. The van der Waals surface area contributed by atoms with Crippen molar-refractivity contribution in [3.63, 3.8) is 0 Å². The summed E-state index contributed by atoms with van der Waals surface area (Å²) in [6, 6.07) is 0. The Morgan fingerprint density at radius 1 is 1.41 bits per heavy atom. The molecule has 1 saturated heterocycles. The molecular weight excluding hydrogens is 288 g/mol. The standard InChI is InChI=1S/C16H24O6/c1-5-6-13-12(9-21-15(18)10(2)3)7-11(16(19)20-4)8-14(17)22-13/h11-13H,2,5-9H2,1,3-4H3. The first-order chi connectivity index (χ1) is 10.4. The average molecular weight is 312 g/mol. The number of hydrogen-bond donors (Lipinski definition) is 0. The minimum Gasteiger partial charge on any atom is -0.469 e. The average Bonchev–Trinajstić information content (AvgIpc) is 2.63. The van der Waals surface area contributed by atoms with E-state index in [9.17, 15) is 14.4 Å². The summed E-state index contributed by atoms with van der Waals surface area (Å²) in [5, 5.41) is 0. The summed E-state index contributed by atoms with van der Waals surface area (Å²) < 4.78 is 15.3. The number of carbonyl (C=O) groups excluding carboxylic acids is 3. The lowest BCUT2D eigenvalue weighted by molar-refractivity contribution is -0.155. The van der Waals surface area contributed by atoms with Crippen LogP contribution in [-0.2, 0) is 28.6 Å². The first kappa shape index (κ1) is 18.2. The van der Waals surface area contributed by atoms with Gasteiger partial charge in [0.2, 0.25) is 0 Å². The van der Waals surface area contributed by atoms with Crippen molar-refractivity contribution in [2.24, 2.45) is 11.8 Å². The summed E-state index contributed by atoms with van der Waals surface area (Å²) in [7, 11) is 1.29. The molecule has 3 unspecified atom stereocenters. The SMILES string of the molecule is C=C(C)C(=O)OCC1CC(C(=O)OC)CC(=O)OC1CCC. The Morgan fingerprint density at radius 2 is 2.09 bits per heavy atom. The van der Waals surface area contributed by atoms with Crippen LogP contribution < -0.4 is 0 Å². The van der Waals surface area contributed by atoms with Gasteiger partial charge in [0.15, 0.2) is 0 Å². The zero-order valence-electron chi connectivity index (χ0n) is 13.4. The van der Waals surface area contributed by atoms with Gasteiger partial charge in [-0.05, 0) is 19.8 Å². The van der Waals surface area contributed by atoms with Crippen molar-refractivity contribution >= 4 is 17.9 Å². The molecule has 1 aliphatic rings. The lowest BCUT2D eigenvalue weighted by Gasteiger charge is -2.24. The first-order valence-electron chi connectivity index (χ1n) is 7.48. The van der Waals surface area contributed by atoms with Crippen LogP contribution in [0.25, 0.3) is 0 Å². The molecule has 1 heterocycles. The highest BCUT2D eigenvalue weighted by molar-refractivity contribution is 5.87. The van der Waals surface area contributed by atoms with Gasteiger partial charge in [0.05, 0.1) is 26.1 Å². The quantitative estimate of drug-likeness (QED) is 0.424. The Morgan fingerprint density at radius 3 is 2.64 bits per heavy atom. The van der Waals surface area contributed by atoms with Gasteiger partial charge in [0.1, 0.15) is 6.10 Å². The molecule has 0 saturated carbocycles. The fourth-order valence-electron chi connectivity index (χ4n) is 2.52. The van der Waals surface area contributed by atoms with Gasteiger partial charge in [-0.25, -0.2) is 4.79 Å². The van der Waals surface area contributed by atoms with Crippen LogP contribution in [0.5, 0.6) is 0 Å². The molecule has 124 valence electrons. The minimum atomic E-state index is -0.562. The molecule has 1 aliphatic heterocycles. The Balaban J connectivity index is 2.83. The Labute approximate surface area is 130 Å². The molecule has 1 rings (SSSR count). The smallest absolute Gasteiger partial charge is 0.333 e. The van der Waals surface area contributed by atoms with Crippen molar-refractivity contribution in [2.75, 3.05) is 13.7 Å². The Bertz CT molecular complexity index is 442. The van der Waals surface area contributed by atoms with Gasteiger partial charge >= 0.3 is 17.9 Å². The summed E-state index contributed by atoms with van der Waals surface area (Å²) in [5.41, 5.74) is 0.308. The number of rotatable bonds is 6. The van der Waals surface area contributed by atoms with Crippen molar-refractivity contribution in [3.8, 4) is 0 Å². The van der Waals surface area contributed by atoms with Crippen LogP contribution in [0.15, 0.2) is 12.2 Å². The zero-order valence-corrected chi connectivity index (χ0v) is 13.4. The third-order valence-corrected chi connectivity index (χ3v) is 3.69. The maximum absolute atomic E-state index is 11.8. The van der Waals surface area contributed by atoms with Gasteiger partial charge in [-0.2, -0.15) is 0 Å². The number of hydrogen-bond acceptors (Lipinski definition) is 6. The van der Waals surface area contributed by atoms with E-state index in [4.69, 9.17) is 14.2 Å². The molecule has 6 nitrogen and oxygen atoms in total. The molecule has 22 heavy (non-hydrogen) atoms. The molecule has 1 fully saturated rings. The molecule has 0 amide bonds. The van der Waals surface area contributed by atoms with Crippen LogP contribution in [0.2, 0.25) is 0 Å². The van der Waals surface area contributed by atoms with E-state index >= 15 is 0 Å². The largest absolute Gasteiger partial charge is 0.469 e. The Hall–Kier alpha value is -1.85. The predicted molar refractivity (Wildman–Crippen MR) is 78.8 cm³/mol. The van der Waals surface area contributed by atoms with E-state index < -0.39 is 23.8 Å². The summed E-state index contributed by atoms with van der Waals surface area (Å²) >= 11 is 0. The second kappa shape index (κ2) is 8.56. The van der Waals surface area contributed by atoms with Crippen molar-refractivity contribution in [1.82, 2.24) is 0 Å². The third-order valence-electron chi connectivity index (χ3n) is 3.69. The molecule has 0 aromatic carbocycles. The fourth-order valence-corrected chi connectivity index (χ4v) is 2.52. The van der Waals surface area contributed by atoms with Crippen LogP contribution in [0.1, 0.15) is 39.5 Å². The van der Waals surface area contributed by atoms with Gasteiger partial charge in [0, 0.05) is 11.5 Å². The maximum Gasteiger partial charge on any atom is 0.333 e. The molecule has 0 aromatic rings. The van der Waals surface area contributed by atoms with Crippen LogP contribution in [0, 0.1) is 11.8 Å². The number of cyclic esters (lactones) is 1. The van der Waals surface area contributed by atoms with Crippen molar-refractivity contribution in [1.29, 1.82) is 0 Å². The van der Waals surface area contributed by atoms with Gasteiger partial charge < -0.3 is 14.2 Å². The highest BCUT2D eigenvalue weighted by atomic mass is 16.6. The highest BCUT2D eigenvalue weighted by Crippen LogP contribution is 2.29. The van der Waals surface area contributed by atoms with Gasteiger partial charge in [-0.3, -0.25) is 9.59 Å². The summed E-state index contributed by atoms with van der Waals surface area (Å²) in [6.45, 7) is 7.17. The van der Waals surface area contributed by atoms with Crippen molar-refractivity contribution < 1.29 is 28.6 Å². The molecule has 0 radical (unpaired) electrons. The topological polar surface area (TPSA) is 78.9 Å². The van der Waals surface area contributed by atoms with Crippen molar-refractivity contribution in [2.45, 2.75) is 45.6 Å². The zero-order chi connectivity index (χ0) is 16.7. The highest BCUT2D eigenvalue weighted by Gasteiger charge is 2.37. The van der Waals surface area contributed by atoms with E-state index in [1.165, 1.54) is 7.11 Å². The van der Waals surface area contributed by atoms with Gasteiger partial charge in [0.25, 0.3) is 0 Å². The molecular formula is C16H24O6.